The Kier molecular flexibility index (Phi) is 7.21. The van der Waals surface area contributed by atoms with Crippen LogP contribution in [0.5, 0.6) is 0 Å². The fourth-order valence-corrected chi connectivity index (χ4v) is 3.84. The first-order chi connectivity index (χ1) is 14.1. The number of hydrogen-bond donors (Lipinski definition) is 2. The molecule has 7 heteroatoms. The molecule has 0 aliphatic heterocycles. The highest BCUT2D eigenvalue weighted by atomic mass is 35.5. The van der Waals surface area contributed by atoms with Gasteiger partial charge in [0, 0.05) is 23.5 Å². The van der Waals surface area contributed by atoms with Gasteiger partial charge in [-0.15, -0.1) is 12.4 Å². The molecule has 3 aromatic rings. The molecule has 4 rings (SSSR count). The fourth-order valence-electron chi connectivity index (χ4n) is 3.84. The van der Waals surface area contributed by atoms with Crippen LogP contribution in [-0.2, 0) is 0 Å². The Morgan fingerprint density at radius 3 is 2.50 bits per heavy atom. The molecule has 30 heavy (non-hydrogen) atoms. The van der Waals surface area contributed by atoms with E-state index >= 15 is 0 Å². The zero-order valence-electron chi connectivity index (χ0n) is 16.4. The maximum atomic E-state index is 13.3. The second kappa shape index (κ2) is 9.85. The van der Waals surface area contributed by atoms with Crippen LogP contribution in [-0.4, -0.2) is 23.5 Å². The Bertz CT molecular complexity index is 1020. The molecule has 1 aromatic heterocycles. The third-order valence-corrected chi connectivity index (χ3v) is 5.53. The quantitative estimate of drug-likeness (QED) is 0.573. The minimum Gasteiger partial charge on any atom is -0.367 e. The lowest BCUT2D eigenvalue weighted by Crippen LogP contribution is -2.34. The first-order valence-electron chi connectivity index (χ1n) is 9.94. The predicted octanol–water partition coefficient (Wildman–Crippen LogP) is 5.34. The van der Waals surface area contributed by atoms with Gasteiger partial charge in [-0.1, -0.05) is 18.2 Å². The molecule has 0 atom stereocenters. The normalized spacial score (nSPS) is 18.5. The molecule has 1 amide bonds. The zero-order valence-corrected chi connectivity index (χ0v) is 17.2. The van der Waals surface area contributed by atoms with Gasteiger partial charge >= 0.3 is 0 Å². The summed E-state index contributed by atoms with van der Waals surface area (Å²) in [5, 5.41) is 7.48. The van der Waals surface area contributed by atoms with Gasteiger partial charge in [0.1, 0.15) is 5.82 Å². The molecule has 0 bridgehead atoms. The molecule has 1 fully saturated rings. The molecule has 4 nitrogen and oxygen atoms in total. The van der Waals surface area contributed by atoms with Crippen molar-refractivity contribution in [1.82, 2.24) is 10.3 Å². The highest BCUT2D eigenvalue weighted by molar-refractivity contribution is 5.94. The van der Waals surface area contributed by atoms with Crippen molar-refractivity contribution in [3.8, 4) is 0 Å². The maximum Gasteiger partial charge on any atom is 0.251 e. The largest absolute Gasteiger partial charge is 0.367 e. The van der Waals surface area contributed by atoms with Gasteiger partial charge in [0.25, 0.3) is 5.91 Å². The number of pyridine rings is 1. The smallest absolute Gasteiger partial charge is 0.251 e. The Morgan fingerprint density at radius 2 is 1.73 bits per heavy atom. The van der Waals surface area contributed by atoms with E-state index in [0.717, 1.165) is 54.5 Å². The van der Waals surface area contributed by atoms with E-state index in [2.05, 4.69) is 21.7 Å². The van der Waals surface area contributed by atoms with Crippen molar-refractivity contribution in [1.29, 1.82) is 0 Å². The van der Waals surface area contributed by atoms with Gasteiger partial charge in [-0.3, -0.25) is 4.79 Å². The summed E-state index contributed by atoms with van der Waals surface area (Å²) < 4.78 is 26.3. The van der Waals surface area contributed by atoms with Crippen LogP contribution in [0.25, 0.3) is 10.9 Å². The van der Waals surface area contributed by atoms with Crippen LogP contribution in [0, 0.1) is 17.6 Å². The lowest BCUT2D eigenvalue weighted by Gasteiger charge is -2.29. The number of carbonyl (C=O) groups excluding carboxylic acids is 1. The predicted molar refractivity (Wildman–Crippen MR) is 117 cm³/mol. The molecule has 1 aliphatic carbocycles. The average Bonchev–Trinajstić information content (AvgIpc) is 2.75. The standard InChI is InChI=1S/C23H23F2N3O.ClH/c24-19-11-7-17(13-20(19)25)23(29)26-14-15-5-9-18(10-6-15)27-22-12-8-16-3-1-2-4-21(16)28-22;/h1-4,7-8,11-13,15,18H,5-6,9-10,14H2,(H,26,29)(H,27,28);1H/t15-,18+;. The van der Waals surface area contributed by atoms with Crippen molar-refractivity contribution < 1.29 is 13.6 Å². The van der Waals surface area contributed by atoms with E-state index in [0.29, 0.717) is 18.5 Å². The number of hydrogen-bond acceptors (Lipinski definition) is 3. The number of amides is 1. The minimum absolute atomic E-state index is 0. The van der Waals surface area contributed by atoms with Gasteiger partial charge in [-0.05, 0) is 68.0 Å². The van der Waals surface area contributed by atoms with Crippen molar-refractivity contribution in [2.45, 2.75) is 31.7 Å². The summed E-state index contributed by atoms with van der Waals surface area (Å²) in [5.41, 5.74) is 1.12. The lowest BCUT2D eigenvalue weighted by molar-refractivity contribution is 0.0942. The average molecular weight is 432 g/mol. The highest BCUT2D eigenvalue weighted by Gasteiger charge is 2.22. The molecule has 1 saturated carbocycles. The van der Waals surface area contributed by atoms with Gasteiger partial charge < -0.3 is 10.6 Å². The Hall–Kier alpha value is -2.73. The van der Waals surface area contributed by atoms with Crippen LogP contribution in [0.1, 0.15) is 36.0 Å². The Morgan fingerprint density at radius 1 is 0.967 bits per heavy atom. The molecular weight excluding hydrogens is 408 g/mol. The summed E-state index contributed by atoms with van der Waals surface area (Å²) in [7, 11) is 0. The van der Waals surface area contributed by atoms with Gasteiger partial charge in [0.2, 0.25) is 0 Å². The van der Waals surface area contributed by atoms with Crippen molar-refractivity contribution in [3.05, 3.63) is 71.8 Å². The molecule has 0 saturated heterocycles. The van der Waals surface area contributed by atoms with Crippen LogP contribution in [0.4, 0.5) is 14.6 Å². The van der Waals surface area contributed by atoms with Gasteiger partial charge in [-0.2, -0.15) is 0 Å². The number of benzene rings is 2. The monoisotopic (exact) mass is 431 g/mol. The van der Waals surface area contributed by atoms with Gasteiger partial charge in [0.15, 0.2) is 11.6 Å². The summed E-state index contributed by atoms with van der Waals surface area (Å²) in [5.74, 6) is -1.06. The number of halogens is 3. The molecule has 2 N–H and O–H groups in total. The van der Waals surface area contributed by atoms with E-state index in [1.807, 2.05) is 30.3 Å². The number of nitrogens with one attached hydrogen (secondary N) is 2. The minimum atomic E-state index is -1.01. The van der Waals surface area contributed by atoms with Crippen LogP contribution in [0.15, 0.2) is 54.6 Å². The third-order valence-electron chi connectivity index (χ3n) is 5.53. The summed E-state index contributed by atoms with van der Waals surface area (Å²) >= 11 is 0. The van der Waals surface area contributed by atoms with Crippen LogP contribution in [0.3, 0.4) is 0 Å². The second-order valence-corrected chi connectivity index (χ2v) is 7.59. The number of carbonyl (C=O) groups is 1. The highest BCUT2D eigenvalue weighted by Crippen LogP contribution is 2.26. The first-order valence-corrected chi connectivity index (χ1v) is 9.94. The molecule has 158 valence electrons. The molecular formula is C23H24ClF2N3O. The summed E-state index contributed by atoms with van der Waals surface area (Å²) in [6.45, 7) is 0.540. The van der Waals surface area contributed by atoms with Crippen molar-refractivity contribution in [3.63, 3.8) is 0 Å². The number of aromatic nitrogens is 1. The second-order valence-electron chi connectivity index (χ2n) is 7.59. The molecule has 2 aromatic carbocycles. The zero-order chi connectivity index (χ0) is 20.2. The number of para-hydroxylation sites is 1. The van der Waals surface area contributed by atoms with E-state index in [1.165, 1.54) is 6.07 Å². The number of nitrogens with zero attached hydrogens (tertiary/aromatic N) is 1. The molecule has 1 heterocycles. The number of fused-ring (bicyclic) bond motifs is 1. The molecule has 0 spiro atoms. The fraction of sp³-hybridized carbons (Fsp3) is 0.304. The van der Waals surface area contributed by atoms with Crippen LogP contribution >= 0.6 is 12.4 Å². The van der Waals surface area contributed by atoms with E-state index < -0.39 is 11.6 Å². The molecule has 0 unspecified atom stereocenters. The van der Waals surface area contributed by atoms with E-state index in [-0.39, 0.29) is 23.9 Å². The van der Waals surface area contributed by atoms with Crippen molar-refractivity contribution >= 4 is 35.0 Å². The number of anilines is 1. The van der Waals surface area contributed by atoms with Crippen LogP contribution < -0.4 is 10.6 Å². The summed E-state index contributed by atoms with van der Waals surface area (Å²) in [4.78, 5) is 16.8. The Balaban J connectivity index is 0.00000256. The van der Waals surface area contributed by atoms with Crippen molar-refractivity contribution in [2.24, 2.45) is 5.92 Å². The topological polar surface area (TPSA) is 54.0 Å². The Labute approximate surface area is 180 Å². The number of rotatable bonds is 5. The molecule has 0 radical (unpaired) electrons. The van der Waals surface area contributed by atoms with E-state index in [9.17, 15) is 13.6 Å². The third kappa shape index (κ3) is 5.25. The summed E-state index contributed by atoms with van der Waals surface area (Å²) in [6, 6.07) is 15.7. The maximum absolute atomic E-state index is 13.3. The van der Waals surface area contributed by atoms with Gasteiger partial charge in [0.05, 0.1) is 5.52 Å². The lowest BCUT2D eigenvalue weighted by atomic mass is 9.86. The van der Waals surface area contributed by atoms with Crippen molar-refractivity contribution in [2.75, 3.05) is 11.9 Å². The van der Waals surface area contributed by atoms with E-state index in [4.69, 9.17) is 0 Å². The first kappa shape index (κ1) is 22.0. The van der Waals surface area contributed by atoms with Gasteiger partial charge in [-0.25, -0.2) is 13.8 Å². The van der Waals surface area contributed by atoms with Crippen LogP contribution in [0.2, 0.25) is 0 Å². The molecule has 1 aliphatic rings. The summed E-state index contributed by atoms with van der Waals surface area (Å²) in [6.07, 6.45) is 3.98. The SMILES string of the molecule is Cl.O=C(NC[C@H]1CC[C@@H](Nc2ccc3ccccc3n2)CC1)c1ccc(F)c(F)c1. The van der Waals surface area contributed by atoms with E-state index in [1.54, 1.807) is 0 Å².